The van der Waals surface area contributed by atoms with Crippen LogP contribution < -0.4 is 5.73 Å². The highest BCUT2D eigenvalue weighted by Gasteiger charge is 2.30. The number of phenolic OH excluding ortho intramolecular Hbond substituents is 1. The van der Waals surface area contributed by atoms with Crippen molar-refractivity contribution in [1.29, 1.82) is 0 Å². The zero-order valence-electron chi connectivity index (χ0n) is 15.9. The lowest BCUT2D eigenvalue weighted by Crippen LogP contribution is -2.26. The Morgan fingerprint density at radius 3 is 2.00 bits per heavy atom. The van der Waals surface area contributed by atoms with E-state index in [9.17, 15) is 5.11 Å². The molecule has 0 aromatic heterocycles. The fourth-order valence-electron chi connectivity index (χ4n) is 3.66. The van der Waals surface area contributed by atoms with Gasteiger partial charge >= 0.3 is 0 Å². The van der Waals surface area contributed by atoms with Crippen molar-refractivity contribution >= 4 is 0 Å². The summed E-state index contributed by atoms with van der Waals surface area (Å²) in [6.45, 7) is 13.1. The SMILES string of the molecule is CC(C)(C)c1cc([C@@H](N)C2CCCCC2)c(O)c(C(C)(C)C)c1. The fraction of sp³-hybridized carbons (Fsp3) is 0.714. The summed E-state index contributed by atoms with van der Waals surface area (Å²) in [4.78, 5) is 0. The molecule has 2 heteroatoms. The molecule has 0 aliphatic heterocycles. The summed E-state index contributed by atoms with van der Waals surface area (Å²) >= 11 is 0. The zero-order chi connectivity index (χ0) is 17.4. The van der Waals surface area contributed by atoms with E-state index in [1.165, 1.54) is 37.7 Å². The van der Waals surface area contributed by atoms with E-state index in [0.29, 0.717) is 11.7 Å². The van der Waals surface area contributed by atoms with Crippen LogP contribution in [-0.2, 0) is 10.8 Å². The van der Waals surface area contributed by atoms with E-state index in [1.807, 2.05) is 0 Å². The van der Waals surface area contributed by atoms with Gasteiger partial charge in [-0.3, -0.25) is 0 Å². The van der Waals surface area contributed by atoms with E-state index in [1.54, 1.807) is 0 Å². The van der Waals surface area contributed by atoms with Crippen molar-refractivity contribution < 1.29 is 5.11 Å². The molecular formula is C21H35NO. The maximum absolute atomic E-state index is 10.9. The molecule has 0 heterocycles. The maximum Gasteiger partial charge on any atom is 0.124 e. The second-order valence-electron chi connectivity index (χ2n) is 9.39. The number of aromatic hydroxyl groups is 1. The lowest BCUT2D eigenvalue weighted by atomic mass is 9.75. The van der Waals surface area contributed by atoms with Gasteiger partial charge in [0, 0.05) is 11.6 Å². The van der Waals surface area contributed by atoms with Crippen molar-refractivity contribution in [3.8, 4) is 5.75 Å². The second-order valence-corrected chi connectivity index (χ2v) is 9.39. The van der Waals surface area contributed by atoms with Crippen LogP contribution in [0.3, 0.4) is 0 Å². The van der Waals surface area contributed by atoms with E-state index in [-0.39, 0.29) is 16.9 Å². The molecule has 0 amide bonds. The molecule has 3 N–H and O–H groups in total. The number of benzene rings is 1. The van der Waals surface area contributed by atoms with Crippen LogP contribution in [0.5, 0.6) is 5.75 Å². The standard InChI is InChI=1S/C21H35NO/c1-20(2,3)15-12-16(18(22)14-10-8-7-9-11-14)19(23)17(13-15)21(4,5)6/h12-14,18,23H,7-11,22H2,1-6H3/t18-/m0/s1. The molecule has 1 atom stereocenters. The molecule has 1 saturated carbocycles. The number of hydrogen-bond donors (Lipinski definition) is 2. The van der Waals surface area contributed by atoms with Crippen LogP contribution >= 0.6 is 0 Å². The molecule has 1 aliphatic carbocycles. The molecular weight excluding hydrogens is 282 g/mol. The van der Waals surface area contributed by atoms with Gasteiger partial charge in [0.1, 0.15) is 5.75 Å². The number of nitrogens with two attached hydrogens (primary N) is 1. The monoisotopic (exact) mass is 317 g/mol. The van der Waals surface area contributed by atoms with Crippen molar-refractivity contribution in [3.05, 3.63) is 28.8 Å². The quantitative estimate of drug-likeness (QED) is 0.749. The second kappa shape index (κ2) is 6.47. The van der Waals surface area contributed by atoms with Gasteiger partial charge < -0.3 is 10.8 Å². The van der Waals surface area contributed by atoms with E-state index in [2.05, 4.69) is 53.7 Å². The van der Waals surface area contributed by atoms with Crippen LogP contribution in [0, 0.1) is 5.92 Å². The highest BCUT2D eigenvalue weighted by Crippen LogP contribution is 2.43. The van der Waals surface area contributed by atoms with Gasteiger partial charge in [-0.1, -0.05) is 66.9 Å². The minimum absolute atomic E-state index is 0.0503. The van der Waals surface area contributed by atoms with Crippen molar-refractivity contribution in [1.82, 2.24) is 0 Å². The van der Waals surface area contributed by atoms with Gasteiger partial charge in [-0.05, 0) is 46.8 Å². The third kappa shape index (κ3) is 4.09. The fourth-order valence-corrected chi connectivity index (χ4v) is 3.66. The summed E-state index contributed by atoms with van der Waals surface area (Å²) in [5.41, 5.74) is 9.83. The first-order chi connectivity index (χ1) is 10.5. The van der Waals surface area contributed by atoms with Crippen molar-refractivity contribution in [2.75, 3.05) is 0 Å². The van der Waals surface area contributed by atoms with Gasteiger partial charge in [0.15, 0.2) is 0 Å². The predicted octanol–water partition coefficient (Wildman–Crippen LogP) is 5.57. The smallest absolute Gasteiger partial charge is 0.124 e. The predicted molar refractivity (Wildman–Crippen MR) is 99.0 cm³/mol. The van der Waals surface area contributed by atoms with Gasteiger partial charge in [0.25, 0.3) is 0 Å². The van der Waals surface area contributed by atoms with E-state index in [0.717, 1.165) is 11.1 Å². The molecule has 1 aromatic rings. The van der Waals surface area contributed by atoms with Crippen LogP contribution in [0.1, 0.15) is 96.4 Å². The Morgan fingerprint density at radius 2 is 1.52 bits per heavy atom. The number of rotatable bonds is 2. The van der Waals surface area contributed by atoms with Crippen LogP contribution in [0.25, 0.3) is 0 Å². The lowest BCUT2D eigenvalue weighted by molar-refractivity contribution is 0.301. The summed E-state index contributed by atoms with van der Waals surface area (Å²) < 4.78 is 0. The molecule has 2 nitrogen and oxygen atoms in total. The molecule has 0 bridgehead atoms. The first kappa shape index (κ1) is 18.3. The highest BCUT2D eigenvalue weighted by atomic mass is 16.3. The average Bonchev–Trinajstić information content (AvgIpc) is 2.45. The molecule has 0 saturated heterocycles. The van der Waals surface area contributed by atoms with Crippen molar-refractivity contribution in [2.24, 2.45) is 11.7 Å². The summed E-state index contributed by atoms with van der Waals surface area (Å²) in [5, 5.41) is 10.9. The first-order valence-corrected chi connectivity index (χ1v) is 9.15. The summed E-state index contributed by atoms with van der Waals surface area (Å²) in [5.74, 6) is 0.918. The van der Waals surface area contributed by atoms with Crippen LogP contribution in [-0.4, -0.2) is 5.11 Å². The molecule has 130 valence electrons. The summed E-state index contributed by atoms with van der Waals surface area (Å²) in [6, 6.07) is 4.27. The number of phenols is 1. The molecule has 1 aliphatic rings. The van der Waals surface area contributed by atoms with Gasteiger partial charge in [0.2, 0.25) is 0 Å². The Hall–Kier alpha value is -1.02. The lowest BCUT2D eigenvalue weighted by Gasteiger charge is -2.32. The normalized spacial score (nSPS) is 18.9. The highest BCUT2D eigenvalue weighted by molar-refractivity contribution is 5.50. The zero-order valence-corrected chi connectivity index (χ0v) is 15.9. The summed E-state index contributed by atoms with van der Waals surface area (Å²) in [6.07, 6.45) is 6.23. The largest absolute Gasteiger partial charge is 0.507 e. The van der Waals surface area contributed by atoms with Gasteiger partial charge in [-0.2, -0.15) is 0 Å². The Morgan fingerprint density at radius 1 is 0.957 bits per heavy atom. The molecule has 0 spiro atoms. The summed E-state index contributed by atoms with van der Waals surface area (Å²) in [7, 11) is 0. The van der Waals surface area contributed by atoms with E-state index < -0.39 is 0 Å². The van der Waals surface area contributed by atoms with Crippen molar-refractivity contribution in [3.63, 3.8) is 0 Å². The molecule has 0 unspecified atom stereocenters. The molecule has 2 rings (SSSR count). The van der Waals surface area contributed by atoms with Gasteiger partial charge in [-0.15, -0.1) is 0 Å². The Labute approximate surface area is 142 Å². The third-order valence-electron chi connectivity index (χ3n) is 5.33. The van der Waals surface area contributed by atoms with E-state index in [4.69, 9.17) is 5.73 Å². The van der Waals surface area contributed by atoms with Crippen LogP contribution in [0.2, 0.25) is 0 Å². The maximum atomic E-state index is 10.9. The van der Waals surface area contributed by atoms with Crippen molar-refractivity contribution in [2.45, 2.75) is 90.5 Å². The third-order valence-corrected chi connectivity index (χ3v) is 5.33. The van der Waals surface area contributed by atoms with Crippen LogP contribution in [0.4, 0.5) is 0 Å². The number of hydrogen-bond acceptors (Lipinski definition) is 2. The Bertz CT molecular complexity index is 542. The molecule has 1 fully saturated rings. The first-order valence-electron chi connectivity index (χ1n) is 9.15. The molecule has 0 radical (unpaired) electrons. The topological polar surface area (TPSA) is 46.2 Å². The van der Waals surface area contributed by atoms with Gasteiger partial charge in [0.05, 0.1) is 0 Å². The molecule has 1 aromatic carbocycles. The van der Waals surface area contributed by atoms with Crippen LogP contribution in [0.15, 0.2) is 12.1 Å². The van der Waals surface area contributed by atoms with E-state index >= 15 is 0 Å². The Balaban J connectivity index is 2.52. The molecule has 23 heavy (non-hydrogen) atoms. The minimum Gasteiger partial charge on any atom is -0.507 e. The van der Waals surface area contributed by atoms with Gasteiger partial charge in [-0.25, -0.2) is 0 Å². The average molecular weight is 318 g/mol. The Kier molecular flexibility index (Phi) is 5.15. The minimum atomic E-state index is -0.0909.